The lowest BCUT2D eigenvalue weighted by Crippen LogP contribution is -2.23. The molecular formula is C23H18ClN3O3S. The van der Waals surface area contributed by atoms with Crippen molar-refractivity contribution in [2.75, 3.05) is 18.2 Å². The van der Waals surface area contributed by atoms with Crippen molar-refractivity contribution >= 4 is 45.9 Å². The number of aromatic nitrogens is 2. The molecule has 1 heterocycles. The second kappa shape index (κ2) is 9.24. The van der Waals surface area contributed by atoms with Gasteiger partial charge in [-0.15, -0.1) is 0 Å². The number of nitrogens with zero attached hydrogens (tertiary/aromatic N) is 2. The number of para-hydroxylation sites is 4. The number of halogens is 1. The minimum atomic E-state index is -0.248. The number of fused-ring (bicyclic) bond motifs is 1. The molecule has 0 aliphatic carbocycles. The van der Waals surface area contributed by atoms with Gasteiger partial charge in [-0.2, -0.15) is 0 Å². The zero-order valence-electron chi connectivity index (χ0n) is 16.5. The van der Waals surface area contributed by atoms with Gasteiger partial charge in [0.2, 0.25) is 5.91 Å². The highest BCUT2D eigenvalue weighted by Crippen LogP contribution is 2.27. The van der Waals surface area contributed by atoms with Gasteiger partial charge < -0.3 is 10.1 Å². The van der Waals surface area contributed by atoms with Crippen LogP contribution >= 0.6 is 23.4 Å². The lowest BCUT2D eigenvalue weighted by atomic mass is 10.2. The van der Waals surface area contributed by atoms with Crippen LogP contribution in [0.4, 0.5) is 5.69 Å². The molecule has 1 aromatic heterocycles. The van der Waals surface area contributed by atoms with Crippen LogP contribution in [-0.2, 0) is 4.79 Å². The Labute approximate surface area is 187 Å². The summed E-state index contributed by atoms with van der Waals surface area (Å²) in [4.78, 5) is 30.5. The van der Waals surface area contributed by atoms with Gasteiger partial charge in [-0.3, -0.25) is 14.2 Å². The summed E-state index contributed by atoms with van der Waals surface area (Å²) in [7, 11) is 1.54. The molecule has 0 aliphatic rings. The molecule has 0 unspecified atom stereocenters. The van der Waals surface area contributed by atoms with E-state index in [9.17, 15) is 9.59 Å². The first kappa shape index (κ1) is 21.0. The average molecular weight is 452 g/mol. The van der Waals surface area contributed by atoms with Gasteiger partial charge in [-0.05, 0) is 36.4 Å². The summed E-state index contributed by atoms with van der Waals surface area (Å²) in [6, 6.07) is 21.3. The second-order valence-corrected chi connectivity index (χ2v) is 7.89. The highest BCUT2D eigenvalue weighted by atomic mass is 35.5. The Kier molecular flexibility index (Phi) is 6.25. The van der Waals surface area contributed by atoms with Gasteiger partial charge in [-0.25, -0.2) is 4.98 Å². The van der Waals surface area contributed by atoms with Crippen LogP contribution < -0.4 is 15.6 Å². The molecule has 4 rings (SSSR count). The number of rotatable bonds is 6. The molecule has 6 nitrogen and oxygen atoms in total. The molecule has 8 heteroatoms. The minimum absolute atomic E-state index is 0.0489. The summed E-state index contributed by atoms with van der Waals surface area (Å²) in [5.74, 6) is 0.369. The number of benzene rings is 3. The SMILES string of the molecule is COc1ccccc1NC(=O)CSc1nc2ccccc2c(=O)n1-c1ccccc1Cl. The van der Waals surface area contributed by atoms with Crippen molar-refractivity contribution in [3.63, 3.8) is 0 Å². The highest BCUT2D eigenvalue weighted by Gasteiger charge is 2.17. The predicted molar refractivity (Wildman–Crippen MR) is 125 cm³/mol. The maximum Gasteiger partial charge on any atom is 0.266 e. The number of anilines is 1. The van der Waals surface area contributed by atoms with E-state index in [1.54, 1.807) is 61.7 Å². The van der Waals surface area contributed by atoms with Crippen LogP contribution in [-0.4, -0.2) is 28.3 Å². The number of ether oxygens (including phenoxy) is 1. The van der Waals surface area contributed by atoms with Crippen molar-refractivity contribution in [2.24, 2.45) is 0 Å². The van der Waals surface area contributed by atoms with E-state index in [1.165, 1.54) is 4.57 Å². The van der Waals surface area contributed by atoms with Gasteiger partial charge in [-0.1, -0.05) is 59.8 Å². The number of methoxy groups -OCH3 is 1. The molecule has 0 fully saturated rings. The Morgan fingerprint density at radius 3 is 2.58 bits per heavy atom. The van der Waals surface area contributed by atoms with Crippen molar-refractivity contribution < 1.29 is 9.53 Å². The van der Waals surface area contributed by atoms with Gasteiger partial charge in [0.05, 0.1) is 40.2 Å². The minimum Gasteiger partial charge on any atom is -0.495 e. The lowest BCUT2D eigenvalue weighted by molar-refractivity contribution is -0.113. The summed E-state index contributed by atoms with van der Waals surface area (Å²) in [6.07, 6.45) is 0. The van der Waals surface area contributed by atoms with Crippen molar-refractivity contribution in [3.8, 4) is 11.4 Å². The highest BCUT2D eigenvalue weighted by molar-refractivity contribution is 7.99. The standard InChI is InChI=1S/C23H18ClN3O3S/c1-30-20-13-7-5-11-18(20)25-21(28)14-31-23-26-17-10-4-2-8-15(17)22(29)27(23)19-12-6-3-9-16(19)24/h2-13H,14H2,1H3,(H,25,28). The largest absolute Gasteiger partial charge is 0.495 e. The molecule has 156 valence electrons. The molecule has 3 aromatic carbocycles. The molecule has 0 radical (unpaired) electrons. The number of hydrogen-bond donors (Lipinski definition) is 1. The third kappa shape index (κ3) is 4.42. The second-order valence-electron chi connectivity index (χ2n) is 6.54. The average Bonchev–Trinajstić information content (AvgIpc) is 2.79. The first-order valence-corrected chi connectivity index (χ1v) is 10.8. The van der Waals surface area contributed by atoms with E-state index >= 15 is 0 Å². The fourth-order valence-corrected chi connectivity index (χ4v) is 4.14. The molecule has 0 bridgehead atoms. The van der Waals surface area contributed by atoms with Crippen molar-refractivity contribution in [2.45, 2.75) is 5.16 Å². The number of thioether (sulfide) groups is 1. The molecule has 0 atom stereocenters. The number of amides is 1. The fraction of sp³-hybridized carbons (Fsp3) is 0.0870. The van der Waals surface area contributed by atoms with E-state index in [-0.39, 0.29) is 17.2 Å². The van der Waals surface area contributed by atoms with Crippen molar-refractivity contribution in [3.05, 3.63) is 88.2 Å². The quantitative estimate of drug-likeness (QED) is 0.337. The Balaban J connectivity index is 1.68. The van der Waals surface area contributed by atoms with Gasteiger partial charge in [0.1, 0.15) is 5.75 Å². The van der Waals surface area contributed by atoms with Crippen LogP contribution in [0.1, 0.15) is 0 Å². The van der Waals surface area contributed by atoms with Crippen molar-refractivity contribution in [1.29, 1.82) is 0 Å². The van der Waals surface area contributed by atoms with Crippen LogP contribution in [0.5, 0.6) is 5.75 Å². The third-order valence-electron chi connectivity index (χ3n) is 4.55. The van der Waals surface area contributed by atoms with E-state index < -0.39 is 0 Å². The first-order chi connectivity index (χ1) is 15.1. The summed E-state index contributed by atoms with van der Waals surface area (Å²) >= 11 is 7.53. The number of carbonyl (C=O) groups is 1. The van der Waals surface area contributed by atoms with Crippen LogP contribution in [0.15, 0.2) is 82.7 Å². The maximum absolute atomic E-state index is 13.3. The molecule has 4 aromatic rings. The molecule has 0 spiro atoms. The van der Waals surface area contributed by atoms with E-state index in [4.69, 9.17) is 16.3 Å². The van der Waals surface area contributed by atoms with Crippen LogP contribution in [0.25, 0.3) is 16.6 Å². The lowest BCUT2D eigenvalue weighted by Gasteiger charge is -2.14. The number of hydrogen-bond acceptors (Lipinski definition) is 5. The van der Waals surface area contributed by atoms with Crippen LogP contribution in [0.3, 0.4) is 0 Å². The number of carbonyl (C=O) groups excluding carboxylic acids is 1. The Bertz CT molecular complexity index is 1320. The van der Waals surface area contributed by atoms with E-state index in [2.05, 4.69) is 10.3 Å². The van der Waals surface area contributed by atoms with Crippen molar-refractivity contribution in [1.82, 2.24) is 9.55 Å². The molecule has 1 amide bonds. The van der Waals surface area contributed by atoms with E-state index in [1.807, 2.05) is 18.2 Å². The molecule has 1 N–H and O–H groups in total. The van der Waals surface area contributed by atoms with E-state index in [0.717, 1.165) is 11.8 Å². The molecule has 0 saturated carbocycles. The van der Waals surface area contributed by atoms with Gasteiger partial charge >= 0.3 is 0 Å². The molecule has 0 saturated heterocycles. The van der Waals surface area contributed by atoms with Gasteiger partial charge in [0.15, 0.2) is 5.16 Å². The Morgan fingerprint density at radius 1 is 1.06 bits per heavy atom. The zero-order valence-corrected chi connectivity index (χ0v) is 18.1. The van der Waals surface area contributed by atoms with Gasteiger partial charge in [0, 0.05) is 0 Å². The summed E-state index contributed by atoms with van der Waals surface area (Å²) in [5, 5.41) is 4.11. The van der Waals surface area contributed by atoms with Gasteiger partial charge in [0.25, 0.3) is 5.56 Å². The molecule has 0 aliphatic heterocycles. The smallest absolute Gasteiger partial charge is 0.266 e. The predicted octanol–water partition coefficient (Wildman–Crippen LogP) is 4.78. The van der Waals surface area contributed by atoms with E-state index in [0.29, 0.717) is 38.2 Å². The normalized spacial score (nSPS) is 10.8. The monoisotopic (exact) mass is 451 g/mol. The summed E-state index contributed by atoms with van der Waals surface area (Å²) in [6.45, 7) is 0. The maximum atomic E-state index is 13.3. The Hall–Kier alpha value is -3.29. The zero-order chi connectivity index (χ0) is 21.8. The fourth-order valence-electron chi connectivity index (χ4n) is 3.12. The molecule has 31 heavy (non-hydrogen) atoms. The summed E-state index contributed by atoms with van der Waals surface area (Å²) in [5.41, 5.74) is 1.40. The first-order valence-electron chi connectivity index (χ1n) is 9.41. The van der Waals surface area contributed by atoms with Crippen LogP contribution in [0, 0.1) is 0 Å². The topological polar surface area (TPSA) is 73.2 Å². The van der Waals surface area contributed by atoms with Crippen LogP contribution in [0.2, 0.25) is 5.02 Å². The third-order valence-corrected chi connectivity index (χ3v) is 5.81. The summed E-state index contributed by atoms with van der Waals surface area (Å²) < 4.78 is 6.72. The molecular weight excluding hydrogens is 434 g/mol. The Morgan fingerprint density at radius 2 is 1.77 bits per heavy atom. The number of nitrogens with one attached hydrogen (secondary N) is 1.